The number of hydrogen-bond acceptors (Lipinski definition) is 2. The van der Waals surface area contributed by atoms with Gasteiger partial charge in [0.1, 0.15) is 0 Å². The fourth-order valence-electron chi connectivity index (χ4n) is 2.22. The van der Waals surface area contributed by atoms with E-state index in [1.807, 2.05) is 35.1 Å². The molecule has 0 spiro atoms. The number of fused-ring (bicyclic) bond motifs is 1. The molecule has 82 valence electrons. The molecule has 3 rings (SSSR count). The Balaban J connectivity index is 2.11. The Kier molecular flexibility index (Phi) is 2.23. The van der Waals surface area contributed by atoms with Crippen molar-refractivity contribution in [3.63, 3.8) is 0 Å². The highest BCUT2D eigenvalue weighted by molar-refractivity contribution is 6.30. The van der Waals surface area contributed by atoms with Crippen molar-refractivity contribution in [2.24, 2.45) is 5.73 Å². The molecule has 2 aromatic rings. The van der Waals surface area contributed by atoms with Crippen molar-refractivity contribution in [3.8, 4) is 5.69 Å². The van der Waals surface area contributed by atoms with Crippen molar-refractivity contribution in [1.29, 1.82) is 0 Å². The monoisotopic (exact) mass is 233 g/mol. The number of rotatable bonds is 1. The molecule has 0 saturated carbocycles. The summed E-state index contributed by atoms with van der Waals surface area (Å²) >= 11 is 5.86. The molecule has 0 bridgehead atoms. The molecule has 4 heteroatoms. The Morgan fingerprint density at radius 2 is 2.06 bits per heavy atom. The van der Waals surface area contributed by atoms with Crippen LogP contribution in [0.3, 0.4) is 0 Å². The molecule has 1 atom stereocenters. The van der Waals surface area contributed by atoms with Crippen LogP contribution in [-0.2, 0) is 6.42 Å². The Labute approximate surface area is 98.8 Å². The number of nitrogens with two attached hydrogens (primary N) is 1. The average molecular weight is 234 g/mol. The molecule has 0 fully saturated rings. The van der Waals surface area contributed by atoms with Crippen LogP contribution < -0.4 is 5.73 Å². The molecule has 2 N–H and O–H groups in total. The van der Waals surface area contributed by atoms with Gasteiger partial charge in [-0.3, -0.25) is 0 Å². The Morgan fingerprint density at radius 3 is 2.81 bits per heavy atom. The normalized spacial score (nSPS) is 18.8. The lowest BCUT2D eigenvalue weighted by Gasteiger charge is -2.09. The first-order valence-corrected chi connectivity index (χ1v) is 5.72. The lowest BCUT2D eigenvalue weighted by molar-refractivity contribution is 0.653. The maximum absolute atomic E-state index is 6.07. The first kappa shape index (κ1) is 9.87. The van der Waals surface area contributed by atoms with Crippen molar-refractivity contribution >= 4 is 11.6 Å². The quantitative estimate of drug-likeness (QED) is 0.823. The largest absolute Gasteiger partial charge is 0.323 e. The molecule has 0 aliphatic heterocycles. The van der Waals surface area contributed by atoms with Crippen LogP contribution in [-0.4, -0.2) is 9.78 Å². The van der Waals surface area contributed by atoms with Gasteiger partial charge in [0.25, 0.3) is 0 Å². The molecule has 0 amide bonds. The number of aryl methyl sites for hydroxylation is 1. The van der Waals surface area contributed by atoms with Crippen LogP contribution in [0.15, 0.2) is 30.5 Å². The van der Waals surface area contributed by atoms with Gasteiger partial charge in [0, 0.05) is 11.1 Å². The van der Waals surface area contributed by atoms with Crippen molar-refractivity contribution in [1.82, 2.24) is 9.78 Å². The van der Waals surface area contributed by atoms with Crippen LogP contribution in [0.1, 0.15) is 23.7 Å². The summed E-state index contributed by atoms with van der Waals surface area (Å²) in [4.78, 5) is 0. The Morgan fingerprint density at radius 1 is 1.31 bits per heavy atom. The minimum atomic E-state index is 0.105. The maximum atomic E-state index is 6.07. The summed E-state index contributed by atoms with van der Waals surface area (Å²) in [6, 6.07) is 7.76. The Bertz CT molecular complexity index is 516. The molecule has 1 aromatic heterocycles. The van der Waals surface area contributed by atoms with E-state index in [1.54, 1.807) is 0 Å². The van der Waals surface area contributed by atoms with Gasteiger partial charge in [0.2, 0.25) is 0 Å². The van der Waals surface area contributed by atoms with Crippen molar-refractivity contribution in [3.05, 3.63) is 46.7 Å². The fourth-order valence-corrected chi connectivity index (χ4v) is 2.34. The van der Waals surface area contributed by atoms with E-state index in [9.17, 15) is 0 Å². The van der Waals surface area contributed by atoms with E-state index < -0.39 is 0 Å². The predicted octanol–water partition coefficient (Wildman–Crippen LogP) is 2.47. The van der Waals surface area contributed by atoms with E-state index in [1.165, 1.54) is 5.56 Å². The van der Waals surface area contributed by atoms with E-state index in [0.29, 0.717) is 0 Å². The highest BCUT2D eigenvalue weighted by atomic mass is 35.5. The highest BCUT2D eigenvalue weighted by Gasteiger charge is 2.24. The standard InChI is InChI=1S/C12H12ClN3/c13-9-2-4-10(5-3-9)16-12-8(7-15-16)1-6-11(12)14/h2-5,7,11H,1,6,14H2. The predicted molar refractivity (Wildman–Crippen MR) is 63.8 cm³/mol. The molecule has 1 aromatic carbocycles. The number of nitrogens with zero attached hydrogens (tertiary/aromatic N) is 2. The van der Waals surface area contributed by atoms with Crippen LogP contribution in [0.25, 0.3) is 5.69 Å². The zero-order valence-electron chi connectivity index (χ0n) is 8.73. The molecule has 3 nitrogen and oxygen atoms in total. The molecule has 1 unspecified atom stereocenters. The number of halogens is 1. The van der Waals surface area contributed by atoms with Gasteiger partial charge >= 0.3 is 0 Å². The van der Waals surface area contributed by atoms with E-state index in [4.69, 9.17) is 17.3 Å². The molecule has 1 aliphatic carbocycles. The average Bonchev–Trinajstić information content (AvgIpc) is 2.84. The van der Waals surface area contributed by atoms with Crippen molar-refractivity contribution in [2.75, 3.05) is 0 Å². The molecule has 0 radical (unpaired) electrons. The summed E-state index contributed by atoms with van der Waals surface area (Å²) in [6.45, 7) is 0. The first-order chi connectivity index (χ1) is 7.75. The summed E-state index contributed by atoms with van der Waals surface area (Å²) < 4.78 is 1.92. The number of hydrogen-bond donors (Lipinski definition) is 1. The van der Waals surface area contributed by atoms with Crippen LogP contribution in [0.2, 0.25) is 5.02 Å². The molecule has 0 saturated heterocycles. The smallest absolute Gasteiger partial charge is 0.0650 e. The van der Waals surface area contributed by atoms with Gasteiger partial charge in [-0.2, -0.15) is 5.10 Å². The first-order valence-electron chi connectivity index (χ1n) is 5.34. The summed E-state index contributed by atoms with van der Waals surface area (Å²) in [5.41, 5.74) is 9.50. The van der Waals surface area contributed by atoms with E-state index in [2.05, 4.69) is 5.10 Å². The van der Waals surface area contributed by atoms with Gasteiger partial charge in [-0.1, -0.05) is 11.6 Å². The molecule has 1 aliphatic rings. The second kappa shape index (κ2) is 3.61. The maximum Gasteiger partial charge on any atom is 0.0650 e. The minimum absolute atomic E-state index is 0.105. The Hall–Kier alpha value is -1.32. The summed E-state index contributed by atoms with van der Waals surface area (Å²) in [5, 5.41) is 5.11. The van der Waals surface area contributed by atoms with E-state index in [0.717, 1.165) is 29.2 Å². The van der Waals surface area contributed by atoms with Gasteiger partial charge in [-0.05, 0) is 42.7 Å². The van der Waals surface area contributed by atoms with Gasteiger partial charge < -0.3 is 5.73 Å². The zero-order chi connectivity index (χ0) is 11.1. The fraction of sp³-hybridized carbons (Fsp3) is 0.250. The number of benzene rings is 1. The molecular formula is C12H12ClN3. The van der Waals surface area contributed by atoms with Crippen LogP contribution in [0.5, 0.6) is 0 Å². The molecule has 1 heterocycles. The van der Waals surface area contributed by atoms with Crippen molar-refractivity contribution in [2.45, 2.75) is 18.9 Å². The third kappa shape index (κ3) is 1.44. The summed E-state index contributed by atoms with van der Waals surface area (Å²) in [5.74, 6) is 0. The van der Waals surface area contributed by atoms with E-state index >= 15 is 0 Å². The van der Waals surface area contributed by atoms with Crippen LogP contribution in [0, 0.1) is 0 Å². The van der Waals surface area contributed by atoms with E-state index in [-0.39, 0.29) is 6.04 Å². The second-order valence-corrected chi connectivity index (χ2v) is 4.52. The molecule has 16 heavy (non-hydrogen) atoms. The van der Waals surface area contributed by atoms with Gasteiger partial charge in [-0.15, -0.1) is 0 Å². The minimum Gasteiger partial charge on any atom is -0.323 e. The van der Waals surface area contributed by atoms with Gasteiger partial charge in [0.05, 0.1) is 17.6 Å². The van der Waals surface area contributed by atoms with Gasteiger partial charge in [-0.25, -0.2) is 4.68 Å². The summed E-state index contributed by atoms with van der Waals surface area (Å²) in [7, 11) is 0. The lowest BCUT2D eigenvalue weighted by atomic mass is 10.2. The summed E-state index contributed by atoms with van der Waals surface area (Å²) in [6.07, 6.45) is 3.96. The molecular weight excluding hydrogens is 222 g/mol. The SMILES string of the molecule is NC1CCc2cnn(-c3ccc(Cl)cc3)c21. The third-order valence-electron chi connectivity index (χ3n) is 3.03. The topological polar surface area (TPSA) is 43.8 Å². The van der Waals surface area contributed by atoms with Crippen LogP contribution >= 0.6 is 11.6 Å². The van der Waals surface area contributed by atoms with Crippen molar-refractivity contribution < 1.29 is 0 Å². The lowest BCUT2D eigenvalue weighted by Crippen LogP contribution is -2.12. The van der Waals surface area contributed by atoms with Crippen LogP contribution in [0.4, 0.5) is 0 Å². The number of aromatic nitrogens is 2. The van der Waals surface area contributed by atoms with Gasteiger partial charge in [0.15, 0.2) is 0 Å². The second-order valence-electron chi connectivity index (χ2n) is 4.09. The zero-order valence-corrected chi connectivity index (χ0v) is 9.48. The third-order valence-corrected chi connectivity index (χ3v) is 3.29. The highest BCUT2D eigenvalue weighted by Crippen LogP contribution is 2.30.